The Morgan fingerprint density at radius 1 is 1.53 bits per heavy atom. The number of benzene rings is 1. The maximum atomic E-state index is 8.97. The molecule has 0 N–H and O–H groups in total. The minimum atomic E-state index is 0.347. The van der Waals surface area contributed by atoms with Crippen molar-refractivity contribution in [3.05, 3.63) is 44.9 Å². The van der Waals surface area contributed by atoms with E-state index in [2.05, 4.69) is 4.98 Å². The predicted molar refractivity (Wildman–Crippen MR) is 67.4 cm³/mol. The number of thiazole rings is 1. The Balaban J connectivity index is 2.14. The first-order chi connectivity index (χ1) is 8.20. The van der Waals surface area contributed by atoms with Gasteiger partial charge in [-0.15, -0.1) is 11.3 Å². The Kier molecular flexibility index (Phi) is 3.62. The number of rotatable bonds is 3. The maximum Gasteiger partial charge on any atom is 0.139 e. The van der Waals surface area contributed by atoms with Crippen LogP contribution in [0.1, 0.15) is 16.3 Å². The van der Waals surface area contributed by atoms with Crippen molar-refractivity contribution in [2.75, 3.05) is 0 Å². The molecule has 17 heavy (non-hydrogen) atoms. The molecule has 0 aliphatic rings. The molecule has 0 atom stereocenters. The summed E-state index contributed by atoms with van der Waals surface area (Å²) >= 11 is 7.47. The van der Waals surface area contributed by atoms with Crippen molar-refractivity contribution in [2.45, 2.75) is 13.5 Å². The van der Waals surface area contributed by atoms with Gasteiger partial charge in [0.1, 0.15) is 24.0 Å². The van der Waals surface area contributed by atoms with Gasteiger partial charge in [-0.2, -0.15) is 5.26 Å². The maximum absolute atomic E-state index is 8.97. The van der Waals surface area contributed by atoms with Gasteiger partial charge in [-0.05, 0) is 19.1 Å². The third kappa shape index (κ3) is 2.76. The first-order valence-corrected chi connectivity index (χ1v) is 6.19. The minimum Gasteiger partial charge on any atom is -0.486 e. The average molecular weight is 265 g/mol. The molecule has 0 fully saturated rings. The second kappa shape index (κ2) is 5.17. The molecule has 0 unspecified atom stereocenters. The van der Waals surface area contributed by atoms with Crippen molar-refractivity contribution < 1.29 is 4.74 Å². The number of hydrogen-bond acceptors (Lipinski definition) is 4. The number of halogens is 1. The normalized spacial score (nSPS) is 9.94. The highest BCUT2D eigenvalue weighted by Gasteiger charge is 2.08. The third-order valence-electron chi connectivity index (χ3n) is 2.13. The molecule has 1 aromatic heterocycles. The molecule has 2 rings (SSSR count). The lowest BCUT2D eigenvalue weighted by Crippen LogP contribution is -1.98. The summed E-state index contributed by atoms with van der Waals surface area (Å²) in [6, 6.07) is 7.18. The predicted octanol–water partition coefficient (Wildman–Crippen LogP) is 3.56. The Morgan fingerprint density at radius 3 is 3.00 bits per heavy atom. The molecule has 3 nitrogen and oxygen atoms in total. The van der Waals surface area contributed by atoms with Crippen LogP contribution >= 0.6 is 22.9 Å². The van der Waals surface area contributed by atoms with E-state index in [4.69, 9.17) is 21.6 Å². The summed E-state index contributed by atoms with van der Waals surface area (Å²) in [4.78, 5) is 4.28. The Labute approximate surface area is 108 Å². The van der Waals surface area contributed by atoms with Gasteiger partial charge in [-0.3, -0.25) is 0 Å². The Bertz CT molecular complexity index is 574. The molecule has 0 spiro atoms. The van der Waals surface area contributed by atoms with E-state index >= 15 is 0 Å². The van der Waals surface area contributed by atoms with Crippen LogP contribution in [0, 0.1) is 18.3 Å². The number of aryl methyl sites for hydroxylation is 1. The van der Waals surface area contributed by atoms with Crippen LogP contribution in [0.15, 0.2) is 23.6 Å². The fraction of sp³-hybridized carbons (Fsp3) is 0.167. The van der Waals surface area contributed by atoms with Crippen LogP contribution < -0.4 is 4.74 Å². The molecule has 86 valence electrons. The van der Waals surface area contributed by atoms with Crippen molar-refractivity contribution in [2.24, 2.45) is 0 Å². The van der Waals surface area contributed by atoms with Gasteiger partial charge in [0, 0.05) is 5.38 Å². The lowest BCUT2D eigenvalue weighted by molar-refractivity contribution is 0.301. The molecule has 1 aromatic carbocycles. The van der Waals surface area contributed by atoms with Crippen LogP contribution in [0.5, 0.6) is 5.75 Å². The van der Waals surface area contributed by atoms with Gasteiger partial charge in [0.15, 0.2) is 0 Å². The summed E-state index contributed by atoms with van der Waals surface area (Å²) in [6.07, 6.45) is 0. The fourth-order valence-electron chi connectivity index (χ4n) is 1.36. The van der Waals surface area contributed by atoms with E-state index in [9.17, 15) is 0 Å². The summed E-state index contributed by atoms with van der Waals surface area (Å²) < 4.78 is 5.55. The van der Waals surface area contributed by atoms with Crippen LogP contribution in [0.4, 0.5) is 0 Å². The fourth-order valence-corrected chi connectivity index (χ4v) is 2.16. The van der Waals surface area contributed by atoms with E-state index in [0.29, 0.717) is 22.9 Å². The van der Waals surface area contributed by atoms with Crippen LogP contribution in [-0.4, -0.2) is 4.98 Å². The lowest BCUT2D eigenvalue weighted by atomic mass is 10.2. The lowest BCUT2D eigenvalue weighted by Gasteiger charge is -2.06. The monoisotopic (exact) mass is 264 g/mol. The van der Waals surface area contributed by atoms with E-state index in [-0.39, 0.29) is 0 Å². The summed E-state index contributed by atoms with van der Waals surface area (Å²) in [5, 5.41) is 12.3. The van der Waals surface area contributed by atoms with Crippen LogP contribution in [0.2, 0.25) is 5.02 Å². The molecule has 0 saturated carbocycles. The van der Waals surface area contributed by atoms with Gasteiger partial charge >= 0.3 is 0 Å². The topological polar surface area (TPSA) is 45.9 Å². The second-order valence-electron chi connectivity index (χ2n) is 3.37. The zero-order valence-corrected chi connectivity index (χ0v) is 10.7. The molecular weight excluding hydrogens is 256 g/mol. The van der Waals surface area contributed by atoms with Gasteiger partial charge in [0.2, 0.25) is 0 Å². The van der Waals surface area contributed by atoms with Gasteiger partial charge in [0.25, 0.3) is 0 Å². The van der Waals surface area contributed by atoms with E-state index in [1.165, 1.54) is 0 Å². The van der Waals surface area contributed by atoms with Crippen molar-refractivity contribution >= 4 is 22.9 Å². The number of ether oxygens (including phenoxy) is 1. The Hall–Kier alpha value is -1.57. The molecule has 1 heterocycles. The van der Waals surface area contributed by atoms with E-state index < -0.39 is 0 Å². The zero-order valence-electron chi connectivity index (χ0n) is 9.11. The molecule has 0 aliphatic heterocycles. The summed E-state index contributed by atoms with van der Waals surface area (Å²) in [7, 11) is 0. The SMILES string of the molecule is Cc1nc(COc2cccc(Cl)c2C#N)cs1. The molecule has 0 radical (unpaired) electrons. The van der Waals surface area contributed by atoms with E-state index in [1.54, 1.807) is 29.5 Å². The van der Waals surface area contributed by atoms with Crippen LogP contribution in [0.25, 0.3) is 0 Å². The average Bonchev–Trinajstić information content (AvgIpc) is 2.72. The molecule has 0 saturated heterocycles. The van der Waals surface area contributed by atoms with Crippen molar-refractivity contribution in [3.63, 3.8) is 0 Å². The summed E-state index contributed by atoms with van der Waals surface area (Å²) in [6.45, 7) is 2.29. The number of hydrogen-bond donors (Lipinski definition) is 0. The van der Waals surface area contributed by atoms with Gasteiger partial charge in [0.05, 0.1) is 15.7 Å². The van der Waals surface area contributed by atoms with Gasteiger partial charge < -0.3 is 4.74 Å². The van der Waals surface area contributed by atoms with E-state index in [1.807, 2.05) is 18.4 Å². The highest BCUT2D eigenvalue weighted by atomic mass is 35.5. The van der Waals surface area contributed by atoms with Crippen molar-refractivity contribution in [1.29, 1.82) is 5.26 Å². The smallest absolute Gasteiger partial charge is 0.139 e. The van der Waals surface area contributed by atoms with Crippen molar-refractivity contribution in [1.82, 2.24) is 4.98 Å². The van der Waals surface area contributed by atoms with E-state index in [0.717, 1.165) is 10.7 Å². The van der Waals surface area contributed by atoms with Crippen molar-refractivity contribution in [3.8, 4) is 11.8 Å². The highest BCUT2D eigenvalue weighted by molar-refractivity contribution is 7.09. The molecule has 0 bridgehead atoms. The number of aromatic nitrogens is 1. The van der Waals surface area contributed by atoms with Gasteiger partial charge in [-0.25, -0.2) is 4.98 Å². The minimum absolute atomic E-state index is 0.347. The highest BCUT2D eigenvalue weighted by Crippen LogP contribution is 2.26. The first kappa shape index (κ1) is 11.9. The Morgan fingerprint density at radius 2 is 2.35 bits per heavy atom. The van der Waals surface area contributed by atoms with Gasteiger partial charge in [-0.1, -0.05) is 17.7 Å². The first-order valence-electron chi connectivity index (χ1n) is 4.93. The summed E-state index contributed by atoms with van der Waals surface area (Å²) in [5.41, 5.74) is 1.22. The molecule has 0 amide bonds. The van der Waals surface area contributed by atoms with Crippen LogP contribution in [0.3, 0.4) is 0 Å². The number of nitriles is 1. The van der Waals surface area contributed by atoms with Crippen LogP contribution in [-0.2, 0) is 6.61 Å². The second-order valence-corrected chi connectivity index (χ2v) is 4.84. The molecule has 0 aliphatic carbocycles. The third-order valence-corrected chi connectivity index (χ3v) is 3.27. The molecule has 2 aromatic rings. The molecular formula is C12H9ClN2OS. The molecule has 5 heteroatoms. The standard InChI is InChI=1S/C12H9ClN2OS/c1-8-15-9(7-17-8)6-16-12-4-2-3-11(13)10(12)5-14/h2-4,7H,6H2,1H3. The number of nitrogens with zero attached hydrogens (tertiary/aromatic N) is 2. The summed E-state index contributed by atoms with van der Waals surface area (Å²) in [5.74, 6) is 0.491. The zero-order chi connectivity index (χ0) is 12.3. The largest absolute Gasteiger partial charge is 0.486 e. The quantitative estimate of drug-likeness (QED) is 0.852.